The molecular formula is C27H15Br3Cl3O7P. The van der Waals surface area contributed by atoms with Gasteiger partial charge in [-0.25, -0.2) is 4.57 Å². The van der Waals surface area contributed by atoms with Crippen LogP contribution in [-0.4, -0.2) is 17.3 Å². The molecule has 3 atom stereocenters. The van der Waals surface area contributed by atoms with Crippen LogP contribution in [0.2, 0.25) is 15.1 Å². The number of benzene rings is 3. The van der Waals surface area contributed by atoms with Crippen molar-refractivity contribution in [3.8, 4) is 0 Å². The molecule has 0 saturated carbocycles. The Balaban J connectivity index is 1.39. The van der Waals surface area contributed by atoms with Crippen LogP contribution >= 0.6 is 90.4 Å². The van der Waals surface area contributed by atoms with Crippen LogP contribution in [0.5, 0.6) is 0 Å². The molecule has 0 fully saturated rings. The van der Waals surface area contributed by atoms with E-state index in [1.54, 1.807) is 36.4 Å². The zero-order chi connectivity index (χ0) is 29.4. The minimum Gasteiger partial charge on any atom is -0.294 e. The highest BCUT2D eigenvalue weighted by Gasteiger charge is 2.47. The Labute approximate surface area is 274 Å². The molecule has 3 aliphatic carbocycles. The van der Waals surface area contributed by atoms with Crippen LogP contribution < -0.4 is 0 Å². The largest absolute Gasteiger partial charge is 0.476 e. The molecule has 0 spiro atoms. The van der Waals surface area contributed by atoms with Crippen LogP contribution in [0.1, 0.15) is 85.3 Å². The highest BCUT2D eigenvalue weighted by Crippen LogP contribution is 2.63. The molecule has 3 aromatic rings. The molecule has 0 bridgehead atoms. The lowest BCUT2D eigenvalue weighted by Crippen LogP contribution is -2.10. The lowest BCUT2D eigenvalue weighted by molar-refractivity contribution is 0.0308. The van der Waals surface area contributed by atoms with Gasteiger partial charge in [-0.2, -0.15) is 0 Å². The maximum absolute atomic E-state index is 14.6. The summed E-state index contributed by atoms with van der Waals surface area (Å²) in [5, 5.41) is 0.629. The van der Waals surface area contributed by atoms with Crippen molar-refractivity contribution in [1.29, 1.82) is 0 Å². The first-order chi connectivity index (χ1) is 19.4. The summed E-state index contributed by atoms with van der Waals surface area (Å²) in [6.07, 6.45) is -3.57. The van der Waals surface area contributed by atoms with Crippen LogP contribution in [0.25, 0.3) is 0 Å². The normalized spacial score (nSPS) is 22.6. The molecule has 14 heteroatoms. The highest BCUT2D eigenvalue weighted by molar-refractivity contribution is 9.11. The number of carbonyl (C=O) groups is 3. The predicted molar refractivity (Wildman–Crippen MR) is 163 cm³/mol. The van der Waals surface area contributed by atoms with Crippen LogP contribution in [0.3, 0.4) is 0 Å². The van der Waals surface area contributed by atoms with Gasteiger partial charge in [0.05, 0.1) is 15.1 Å². The Morgan fingerprint density at radius 3 is 1.10 bits per heavy atom. The number of Topliss-reactive ketones (excluding diaryl/α,β-unsaturated/α-hetero) is 3. The van der Waals surface area contributed by atoms with Crippen molar-refractivity contribution in [2.75, 3.05) is 0 Å². The molecule has 7 nitrogen and oxygen atoms in total. The first-order valence-corrected chi connectivity index (χ1v) is 17.0. The summed E-state index contributed by atoms with van der Waals surface area (Å²) in [5.41, 5.74) is 1.98. The summed E-state index contributed by atoms with van der Waals surface area (Å²) in [7, 11) is -4.62. The van der Waals surface area contributed by atoms with Gasteiger partial charge in [0.15, 0.2) is 17.3 Å². The fraction of sp³-hybridized carbons (Fsp3) is 0.222. The zero-order valence-corrected chi connectivity index (χ0v) is 28.3. The fourth-order valence-corrected chi connectivity index (χ4v) is 8.79. The molecule has 6 rings (SSSR count). The number of ketones is 3. The van der Waals surface area contributed by atoms with Crippen LogP contribution in [0.15, 0.2) is 49.8 Å². The summed E-state index contributed by atoms with van der Waals surface area (Å²) >= 11 is 29.1. The Bertz CT molecular complexity index is 1550. The SMILES string of the molecule is O=C1CC(OP(=O)(OC2CC(=O)c3c2ccc(Br)c3Cl)OC2CC(=O)c3c2ccc(Br)c3Cl)c2ccc(Br)c(Cl)c21. The molecule has 3 unspecified atom stereocenters. The second kappa shape index (κ2) is 11.2. The molecular weight excluding hydrogens is 813 g/mol. The zero-order valence-electron chi connectivity index (χ0n) is 20.4. The number of carbonyl (C=O) groups excluding carboxylic acids is 3. The van der Waals surface area contributed by atoms with Gasteiger partial charge in [-0.3, -0.25) is 28.0 Å². The number of hydrogen-bond acceptors (Lipinski definition) is 7. The van der Waals surface area contributed by atoms with Gasteiger partial charge < -0.3 is 0 Å². The summed E-state index contributed by atoms with van der Waals surface area (Å²) in [6.45, 7) is 0. The van der Waals surface area contributed by atoms with Gasteiger partial charge in [0, 0.05) is 49.4 Å². The number of phosphoric acid groups is 1. The maximum Gasteiger partial charge on any atom is 0.476 e. The van der Waals surface area contributed by atoms with Crippen molar-refractivity contribution < 1.29 is 32.5 Å². The minimum absolute atomic E-state index is 0.167. The molecule has 3 aliphatic rings. The number of phosphoric ester groups is 1. The minimum atomic E-state index is -4.62. The molecule has 212 valence electrons. The van der Waals surface area contributed by atoms with Gasteiger partial charge in [-0.1, -0.05) is 53.0 Å². The van der Waals surface area contributed by atoms with Gasteiger partial charge in [0.1, 0.15) is 18.3 Å². The molecule has 0 aliphatic heterocycles. The monoisotopic (exact) mass is 824 g/mol. The Morgan fingerprint density at radius 1 is 0.561 bits per heavy atom. The van der Waals surface area contributed by atoms with Gasteiger partial charge in [0.25, 0.3) is 0 Å². The number of fused-ring (bicyclic) bond motifs is 3. The molecule has 3 aromatic carbocycles. The van der Waals surface area contributed by atoms with Crippen molar-refractivity contribution in [3.63, 3.8) is 0 Å². The Hall–Kier alpha value is -0.910. The molecule has 41 heavy (non-hydrogen) atoms. The lowest BCUT2D eigenvalue weighted by atomic mass is 10.1. The van der Waals surface area contributed by atoms with E-state index in [0.717, 1.165) is 0 Å². The number of halogens is 6. The smallest absolute Gasteiger partial charge is 0.294 e. The van der Waals surface area contributed by atoms with E-state index < -0.39 is 26.1 Å². The van der Waals surface area contributed by atoms with Crippen LogP contribution in [-0.2, 0) is 18.1 Å². The average molecular weight is 828 g/mol. The van der Waals surface area contributed by atoms with E-state index in [1.165, 1.54) is 0 Å². The van der Waals surface area contributed by atoms with Gasteiger partial charge in [-0.05, 0) is 82.7 Å². The third-order valence-corrected chi connectivity index (χ3v) is 12.5. The molecule has 0 amide bonds. The quantitative estimate of drug-likeness (QED) is 0.228. The standard InChI is InChI=1S/C27H15Br3Cl3O7P/c28-13-4-1-10-19(7-16(34)22(10)25(13)31)38-41(37,39-20-8-17(35)23-11(20)2-5-14(29)26(23)32)40-21-9-18(36)24-12(21)3-6-15(30)27(24)33/h1-6,19-21H,7-9H2. The maximum atomic E-state index is 14.6. The molecule has 0 radical (unpaired) electrons. The van der Waals surface area contributed by atoms with Gasteiger partial charge in [0.2, 0.25) is 0 Å². The summed E-state index contributed by atoms with van der Waals surface area (Å²) in [6, 6.07) is 9.88. The molecule has 0 aromatic heterocycles. The second-order valence-corrected chi connectivity index (χ2v) is 14.8. The molecule has 0 saturated heterocycles. The van der Waals surface area contributed by atoms with Crippen LogP contribution in [0.4, 0.5) is 0 Å². The number of hydrogen-bond donors (Lipinski definition) is 0. The lowest BCUT2D eigenvalue weighted by Gasteiger charge is -2.27. The molecule has 0 N–H and O–H groups in total. The second-order valence-electron chi connectivity index (χ2n) is 9.59. The summed E-state index contributed by atoms with van der Waals surface area (Å²) in [5.74, 6) is -0.920. The molecule has 0 heterocycles. The third-order valence-electron chi connectivity index (χ3n) is 7.14. The first kappa shape index (κ1) is 30.1. The van der Waals surface area contributed by atoms with Crippen LogP contribution in [0, 0.1) is 0 Å². The first-order valence-electron chi connectivity index (χ1n) is 12.1. The third kappa shape index (κ3) is 5.26. The van der Waals surface area contributed by atoms with Gasteiger partial charge >= 0.3 is 7.82 Å². The van der Waals surface area contributed by atoms with Gasteiger partial charge in [-0.15, -0.1) is 0 Å². The Kier molecular flexibility index (Phi) is 8.25. The van der Waals surface area contributed by atoms with Crippen molar-refractivity contribution >= 4 is 108 Å². The van der Waals surface area contributed by atoms with E-state index in [9.17, 15) is 18.9 Å². The average Bonchev–Trinajstić information content (AvgIpc) is 3.51. The van der Waals surface area contributed by atoms with Crippen molar-refractivity contribution in [2.24, 2.45) is 0 Å². The highest BCUT2D eigenvalue weighted by atomic mass is 79.9. The summed E-state index contributed by atoms with van der Waals surface area (Å²) < 4.78 is 34.2. The summed E-state index contributed by atoms with van der Waals surface area (Å²) in [4.78, 5) is 38.7. The van der Waals surface area contributed by atoms with Crippen molar-refractivity contribution in [1.82, 2.24) is 0 Å². The number of rotatable bonds is 6. The Morgan fingerprint density at radius 2 is 0.829 bits per heavy atom. The van der Waals surface area contributed by atoms with E-state index >= 15 is 0 Å². The van der Waals surface area contributed by atoms with E-state index in [1.807, 2.05) is 0 Å². The van der Waals surface area contributed by atoms with Crippen molar-refractivity contribution in [3.05, 3.63) is 98.3 Å². The fourth-order valence-electron chi connectivity index (χ4n) is 5.32. The van der Waals surface area contributed by atoms with Crippen molar-refractivity contribution in [2.45, 2.75) is 37.6 Å². The predicted octanol–water partition coefficient (Wildman–Crippen LogP) is 10.4. The van der Waals surface area contributed by atoms with E-state index in [2.05, 4.69) is 47.8 Å². The van der Waals surface area contributed by atoms with E-state index in [0.29, 0.717) is 30.1 Å². The topological polar surface area (TPSA) is 96.0 Å². The van der Waals surface area contributed by atoms with E-state index in [-0.39, 0.29) is 68.4 Å². The van der Waals surface area contributed by atoms with E-state index in [4.69, 9.17) is 48.4 Å².